The zero-order valence-corrected chi connectivity index (χ0v) is 34.4. The molecule has 0 spiro atoms. The van der Waals surface area contributed by atoms with Crippen LogP contribution in [0.3, 0.4) is 0 Å². The van der Waals surface area contributed by atoms with Crippen LogP contribution in [0.4, 0.5) is 0 Å². The number of hydrogen-bond donors (Lipinski definition) is 0. The Bertz CT molecular complexity index is 1860. The van der Waals surface area contributed by atoms with Crippen molar-refractivity contribution in [1.29, 1.82) is 0 Å². The van der Waals surface area contributed by atoms with E-state index >= 15 is 0 Å². The van der Waals surface area contributed by atoms with Crippen LogP contribution in [-0.2, 0) is 38.5 Å². The van der Waals surface area contributed by atoms with Gasteiger partial charge in [0.25, 0.3) is 0 Å². The molecule has 1 heteroatoms. The van der Waals surface area contributed by atoms with Crippen molar-refractivity contribution < 1.29 is 21.3 Å². The third-order valence-corrected chi connectivity index (χ3v) is 20.9. The van der Waals surface area contributed by atoms with Crippen LogP contribution in [0, 0.1) is 16.2 Å². The van der Waals surface area contributed by atoms with Crippen molar-refractivity contribution in [2.45, 2.75) is 146 Å². The third kappa shape index (κ3) is 5.43. The van der Waals surface area contributed by atoms with Crippen LogP contribution in [-0.4, -0.2) is 3.21 Å². The molecule has 0 bridgehead atoms. The Morgan fingerprint density at radius 1 is 0.638 bits per heavy atom. The first-order valence-electron chi connectivity index (χ1n) is 18.7. The van der Waals surface area contributed by atoms with Crippen LogP contribution in [0.2, 0.25) is 0 Å². The number of benzene rings is 2. The van der Waals surface area contributed by atoms with Gasteiger partial charge < -0.3 is 0 Å². The standard InChI is InChI=1S/C31H37.C9H13.C6H10.Zr/c1-28(2,3)26-16-30(7,8)24-12-18-11-19-13-25-23(15-21(19)20(18)14-22(24)26)27(29(4,5)6)17-31(25,9)10;1-9(2,3)8-6-4-5-7-8;1-2-4-6-5-3-1;/h12-16H,11H2,1-10H3;6-7H,4H2,1-3H3;1-5H2;. The summed E-state index contributed by atoms with van der Waals surface area (Å²) in [5, 5.41) is 0. The van der Waals surface area contributed by atoms with E-state index in [4.69, 9.17) is 0 Å². The molecule has 248 valence electrons. The molecule has 0 aliphatic heterocycles. The van der Waals surface area contributed by atoms with Crippen molar-refractivity contribution in [1.82, 2.24) is 0 Å². The quantitative estimate of drug-likeness (QED) is 0.249. The molecule has 2 aromatic rings. The number of allylic oxidation sites excluding steroid dienone is 8. The number of fused-ring (bicyclic) bond motifs is 5. The fourth-order valence-electron chi connectivity index (χ4n) is 9.72. The molecule has 0 unspecified atom stereocenters. The van der Waals surface area contributed by atoms with Crippen LogP contribution < -0.4 is 0 Å². The first kappa shape index (κ1) is 33.6. The first-order chi connectivity index (χ1) is 21.7. The molecule has 0 heterocycles. The Morgan fingerprint density at radius 3 is 1.79 bits per heavy atom. The van der Waals surface area contributed by atoms with E-state index in [1.54, 1.807) is 27.8 Å². The van der Waals surface area contributed by atoms with Gasteiger partial charge in [-0.1, -0.05) is 0 Å². The van der Waals surface area contributed by atoms with Crippen LogP contribution in [0.15, 0.2) is 54.6 Å². The van der Waals surface area contributed by atoms with Gasteiger partial charge in [0.15, 0.2) is 0 Å². The van der Waals surface area contributed by atoms with Crippen molar-refractivity contribution >= 4 is 14.4 Å². The Morgan fingerprint density at radius 2 is 1.23 bits per heavy atom. The van der Waals surface area contributed by atoms with Crippen LogP contribution in [0.5, 0.6) is 0 Å². The predicted octanol–water partition coefficient (Wildman–Crippen LogP) is 13.0. The van der Waals surface area contributed by atoms with Gasteiger partial charge in [-0.3, -0.25) is 0 Å². The average molecular weight is 704 g/mol. The second-order valence-corrected chi connectivity index (χ2v) is 26.2. The van der Waals surface area contributed by atoms with Gasteiger partial charge in [0, 0.05) is 0 Å². The van der Waals surface area contributed by atoms with Gasteiger partial charge in [0.2, 0.25) is 0 Å². The Labute approximate surface area is 295 Å². The van der Waals surface area contributed by atoms with E-state index in [0.717, 1.165) is 6.42 Å². The summed E-state index contributed by atoms with van der Waals surface area (Å²) in [4.78, 5) is 0. The minimum atomic E-state index is -2.37. The fourth-order valence-corrected chi connectivity index (χ4v) is 19.8. The molecule has 0 nitrogen and oxygen atoms in total. The second kappa shape index (κ2) is 10.8. The molecule has 0 atom stereocenters. The number of hydrogen-bond acceptors (Lipinski definition) is 0. The van der Waals surface area contributed by atoms with Gasteiger partial charge in [-0.15, -0.1) is 0 Å². The van der Waals surface area contributed by atoms with Gasteiger partial charge in [-0.25, -0.2) is 0 Å². The summed E-state index contributed by atoms with van der Waals surface area (Å²) in [7, 11) is 0. The molecule has 47 heavy (non-hydrogen) atoms. The van der Waals surface area contributed by atoms with E-state index < -0.39 is 21.3 Å². The zero-order chi connectivity index (χ0) is 34.1. The Kier molecular flexibility index (Phi) is 7.75. The molecule has 1 fully saturated rings. The normalized spacial score (nSPS) is 21.3. The molecule has 5 aliphatic carbocycles. The maximum absolute atomic E-state index is 2.71. The van der Waals surface area contributed by atoms with Crippen molar-refractivity contribution in [3.63, 3.8) is 0 Å². The minimum absolute atomic E-state index is 0.0676. The second-order valence-electron chi connectivity index (χ2n) is 19.8. The molecule has 5 aliphatic rings. The molecule has 2 aromatic carbocycles. The molecule has 0 aromatic heterocycles. The Hall–Kier alpha value is -1.85. The summed E-state index contributed by atoms with van der Waals surface area (Å²) >= 11 is -2.37. The molecule has 0 radical (unpaired) electrons. The molecule has 0 amide bonds. The van der Waals surface area contributed by atoms with Crippen molar-refractivity contribution in [2.24, 2.45) is 16.2 Å². The van der Waals surface area contributed by atoms with Crippen LogP contribution in [0.1, 0.15) is 162 Å². The molecular formula is C46H60Zr. The van der Waals surface area contributed by atoms with Crippen molar-refractivity contribution in [3.05, 3.63) is 88.0 Å². The van der Waals surface area contributed by atoms with E-state index in [9.17, 15) is 0 Å². The predicted molar refractivity (Wildman–Crippen MR) is 203 cm³/mol. The van der Waals surface area contributed by atoms with Gasteiger partial charge in [0.1, 0.15) is 0 Å². The van der Waals surface area contributed by atoms with Crippen molar-refractivity contribution in [2.75, 3.05) is 0 Å². The maximum atomic E-state index is 2.71. The molecule has 1 saturated carbocycles. The van der Waals surface area contributed by atoms with Gasteiger partial charge in [0.05, 0.1) is 0 Å². The first-order valence-corrected chi connectivity index (χ1v) is 22.4. The number of rotatable bonds is 2. The summed E-state index contributed by atoms with van der Waals surface area (Å²) in [5.41, 5.74) is 17.7. The van der Waals surface area contributed by atoms with Gasteiger partial charge in [-0.2, -0.15) is 0 Å². The average Bonchev–Trinajstić information content (AvgIpc) is 3.69. The third-order valence-electron chi connectivity index (χ3n) is 12.1. The Balaban J connectivity index is 1.45. The van der Waals surface area contributed by atoms with E-state index in [1.807, 2.05) is 9.77 Å². The van der Waals surface area contributed by atoms with E-state index in [1.165, 1.54) is 71.9 Å². The zero-order valence-electron chi connectivity index (χ0n) is 32.0. The monoisotopic (exact) mass is 702 g/mol. The molecule has 0 saturated heterocycles. The summed E-state index contributed by atoms with van der Waals surface area (Å²) in [6.07, 6.45) is 17.1. The van der Waals surface area contributed by atoms with Crippen LogP contribution in [0.25, 0.3) is 22.3 Å². The summed E-state index contributed by atoms with van der Waals surface area (Å²) < 4.78 is 5.76. The van der Waals surface area contributed by atoms with Gasteiger partial charge >= 0.3 is 297 Å². The molecule has 7 rings (SSSR count). The molecular weight excluding hydrogens is 644 g/mol. The van der Waals surface area contributed by atoms with Crippen molar-refractivity contribution in [3.8, 4) is 11.1 Å². The fraction of sp³-hybridized carbons (Fsp3) is 0.543. The summed E-state index contributed by atoms with van der Waals surface area (Å²) in [6.45, 7) is 31.9. The SMILES string of the molecule is CC(C)(C)C1=CC[C]([Zr]([C]2=C(C(C)(C)C)c3cc4c(cc3C2(C)C)Cc2cc3c(cc2-4)C(C(C)(C)C)=CC3(C)C)=[C]2CCCCC2)=C1. The summed E-state index contributed by atoms with van der Waals surface area (Å²) in [5.74, 6) is 0. The summed E-state index contributed by atoms with van der Waals surface area (Å²) in [6, 6.07) is 10.6. The van der Waals surface area contributed by atoms with E-state index in [-0.39, 0.29) is 27.1 Å². The topological polar surface area (TPSA) is 0 Å². The van der Waals surface area contributed by atoms with E-state index in [2.05, 4.69) is 133 Å². The molecule has 0 N–H and O–H groups in total. The van der Waals surface area contributed by atoms with E-state index in [0.29, 0.717) is 0 Å². The van der Waals surface area contributed by atoms with Gasteiger partial charge in [-0.05, 0) is 0 Å². The van der Waals surface area contributed by atoms with Crippen LogP contribution >= 0.6 is 0 Å².